The molecule has 0 aromatic heterocycles. The summed E-state index contributed by atoms with van der Waals surface area (Å²) in [4.78, 5) is 10.5. The Morgan fingerprint density at radius 3 is 2.47 bits per heavy atom. The van der Waals surface area contributed by atoms with E-state index in [2.05, 4.69) is 0 Å². The van der Waals surface area contributed by atoms with Crippen LogP contribution in [0.1, 0.15) is 29.3 Å². The van der Waals surface area contributed by atoms with Gasteiger partial charge in [-0.25, -0.2) is 17.6 Å². The Kier molecular flexibility index (Phi) is 4.65. The maximum absolute atomic E-state index is 13.6. The van der Waals surface area contributed by atoms with Crippen LogP contribution in [0.15, 0.2) is 17.0 Å². The molecule has 0 spiro atoms. The molecule has 1 rings (SSSR count). The van der Waals surface area contributed by atoms with E-state index in [9.17, 15) is 17.6 Å². The molecule has 1 aromatic rings. The van der Waals surface area contributed by atoms with Crippen molar-refractivity contribution < 1.29 is 27.8 Å². The van der Waals surface area contributed by atoms with E-state index in [0.717, 1.165) is 12.1 Å². The number of aliphatic hydroxyl groups is 1. The van der Waals surface area contributed by atoms with Crippen molar-refractivity contribution in [3.8, 4) is 0 Å². The van der Waals surface area contributed by atoms with Gasteiger partial charge in [-0.05, 0) is 32.4 Å². The number of hydrogen-bond donors (Lipinski definition) is 2. The first kappa shape index (κ1) is 15.6. The Morgan fingerprint density at radius 1 is 1.42 bits per heavy atom. The lowest BCUT2D eigenvalue weighted by Gasteiger charge is -2.10. The van der Waals surface area contributed by atoms with Crippen molar-refractivity contribution >= 4 is 15.8 Å². The summed E-state index contributed by atoms with van der Waals surface area (Å²) in [6.45, 7) is 2.72. The minimum absolute atomic E-state index is 0.000686. The summed E-state index contributed by atoms with van der Waals surface area (Å²) >= 11 is 0. The SMILES string of the molecule is Cc1c(F)cc(C(=O)O)cc1S(=O)(=O)CCC(C)O. The van der Waals surface area contributed by atoms with Crippen molar-refractivity contribution in [2.75, 3.05) is 5.75 Å². The average molecular weight is 290 g/mol. The highest BCUT2D eigenvalue weighted by molar-refractivity contribution is 7.91. The van der Waals surface area contributed by atoms with Crippen LogP contribution in [-0.4, -0.2) is 36.5 Å². The number of carboxylic acid groups (broad SMARTS) is 1. The molecule has 7 heteroatoms. The van der Waals surface area contributed by atoms with Gasteiger partial charge in [0.25, 0.3) is 0 Å². The largest absolute Gasteiger partial charge is 0.478 e. The summed E-state index contributed by atoms with van der Waals surface area (Å²) < 4.78 is 37.6. The van der Waals surface area contributed by atoms with Crippen molar-refractivity contribution in [3.63, 3.8) is 0 Å². The van der Waals surface area contributed by atoms with Crippen molar-refractivity contribution in [1.82, 2.24) is 0 Å². The third-order valence-corrected chi connectivity index (χ3v) is 4.55. The number of carbonyl (C=O) groups is 1. The quantitative estimate of drug-likeness (QED) is 0.854. The van der Waals surface area contributed by atoms with Crippen LogP contribution in [0.5, 0.6) is 0 Å². The highest BCUT2D eigenvalue weighted by Gasteiger charge is 2.22. The van der Waals surface area contributed by atoms with Crippen molar-refractivity contribution in [1.29, 1.82) is 0 Å². The topological polar surface area (TPSA) is 91.7 Å². The van der Waals surface area contributed by atoms with Crippen LogP contribution in [0.3, 0.4) is 0 Å². The zero-order valence-electron chi connectivity index (χ0n) is 10.6. The van der Waals surface area contributed by atoms with Gasteiger partial charge in [0.2, 0.25) is 0 Å². The molecule has 1 atom stereocenters. The lowest BCUT2D eigenvalue weighted by atomic mass is 10.1. The minimum Gasteiger partial charge on any atom is -0.478 e. The Hall–Kier alpha value is -1.47. The van der Waals surface area contributed by atoms with Gasteiger partial charge in [0.05, 0.1) is 22.3 Å². The van der Waals surface area contributed by atoms with E-state index < -0.39 is 33.3 Å². The highest BCUT2D eigenvalue weighted by Crippen LogP contribution is 2.22. The van der Waals surface area contributed by atoms with E-state index in [-0.39, 0.29) is 22.6 Å². The number of aliphatic hydroxyl groups excluding tert-OH is 1. The molecule has 0 heterocycles. The summed E-state index contributed by atoms with van der Waals surface area (Å²) in [6, 6.07) is 1.73. The summed E-state index contributed by atoms with van der Waals surface area (Å²) in [5, 5.41) is 17.9. The molecule has 1 aromatic carbocycles. The molecule has 0 aliphatic heterocycles. The van der Waals surface area contributed by atoms with Gasteiger partial charge in [0.15, 0.2) is 9.84 Å². The molecule has 19 heavy (non-hydrogen) atoms. The van der Waals surface area contributed by atoms with Crippen LogP contribution in [-0.2, 0) is 9.84 Å². The van der Waals surface area contributed by atoms with E-state index in [1.165, 1.54) is 13.8 Å². The number of hydrogen-bond acceptors (Lipinski definition) is 4. The second-order valence-corrected chi connectivity index (χ2v) is 6.42. The molecule has 0 aliphatic rings. The fraction of sp³-hybridized carbons (Fsp3) is 0.417. The van der Waals surface area contributed by atoms with Gasteiger partial charge in [-0.1, -0.05) is 0 Å². The summed E-state index contributed by atoms with van der Waals surface area (Å²) in [7, 11) is -3.83. The van der Waals surface area contributed by atoms with Crippen molar-refractivity contribution in [3.05, 3.63) is 29.1 Å². The summed E-state index contributed by atoms with van der Waals surface area (Å²) in [5.74, 6) is -2.64. The normalized spacial score (nSPS) is 13.3. The van der Waals surface area contributed by atoms with Crippen LogP contribution in [0.4, 0.5) is 4.39 Å². The molecule has 0 fully saturated rings. The van der Waals surface area contributed by atoms with Gasteiger partial charge in [0.1, 0.15) is 5.82 Å². The van der Waals surface area contributed by atoms with Gasteiger partial charge in [-0.2, -0.15) is 0 Å². The van der Waals surface area contributed by atoms with E-state index >= 15 is 0 Å². The maximum atomic E-state index is 13.6. The number of halogens is 1. The Balaban J connectivity index is 3.29. The van der Waals surface area contributed by atoms with E-state index in [4.69, 9.17) is 10.2 Å². The number of rotatable bonds is 5. The molecule has 0 saturated heterocycles. The molecule has 106 valence electrons. The van der Waals surface area contributed by atoms with Crippen LogP contribution in [0.2, 0.25) is 0 Å². The smallest absolute Gasteiger partial charge is 0.335 e. The maximum Gasteiger partial charge on any atom is 0.335 e. The van der Waals surface area contributed by atoms with Gasteiger partial charge in [0, 0.05) is 5.56 Å². The predicted molar refractivity (Wildman–Crippen MR) is 66.4 cm³/mol. The number of benzene rings is 1. The van der Waals surface area contributed by atoms with Crippen LogP contribution in [0, 0.1) is 12.7 Å². The average Bonchev–Trinajstić information content (AvgIpc) is 2.29. The van der Waals surface area contributed by atoms with E-state index in [1.54, 1.807) is 0 Å². The predicted octanol–water partition coefficient (Wildman–Crippen LogP) is 1.38. The molecular formula is C12H15FO5S. The number of carboxylic acids is 1. The monoisotopic (exact) mass is 290 g/mol. The number of aromatic carboxylic acids is 1. The molecule has 0 saturated carbocycles. The molecule has 2 N–H and O–H groups in total. The second kappa shape index (κ2) is 5.66. The number of sulfone groups is 1. The fourth-order valence-corrected chi connectivity index (χ4v) is 3.28. The highest BCUT2D eigenvalue weighted by atomic mass is 32.2. The Bertz CT molecular complexity index is 592. The van der Waals surface area contributed by atoms with Gasteiger partial charge >= 0.3 is 5.97 Å². The van der Waals surface area contributed by atoms with E-state index in [0.29, 0.717) is 0 Å². The first-order valence-electron chi connectivity index (χ1n) is 5.59. The zero-order valence-corrected chi connectivity index (χ0v) is 11.4. The van der Waals surface area contributed by atoms with E-state index in [1.807, 2.05) is 0 Å². The molecule has 0 radical (unpaired) electrons. The van der Waals surface area contributed by atoms with Crippen LogP contribution >= 0.6 is 0 Å². The lowest BCUT2D eigenvalue weighted by Crippen LogP contribution is -2.15. The molecule has 0 amide bonds. The third kappa shape index (κ3) is 3.74. The van der Waals surface area contributed by atoms with Crippen LogP contribution in [0.25, 0.3) is 0 Å². The second-order valence-electron chi connectivity index (χ2n) is 4.34. The minimum atomic E-state index is -3.83. The standard InChI is InChI=1S/C12H15FO5S/c1-7(14)3-4-19(17,18)11-6-9(12(15)16)5-10(13)8(11)2/h5-7,14H,3-4H2,1-2H3,(H,15,16). The van der Waals surface area contributed by atoms with Crippen LogP contribution < -0.4 is 0 Å². The first-order valence-corrected chi connectivity index (χ1v) is 7.24. The lowest BCUT2D eigenvalue weighted by molar-refractivity contribution is 0.0696. The summed E-state index contributed by atoms with van der Waals surface area (Å²) in [5.41, 5.74) is -0.533. The third-order valence-electron chi connectivity index (χ3n) is 2.68. The van der Waals surface area contributed by atoms with Crippen molar-refractivity contribution in [2.24, 2.45) is 0 Å². The molecule has 1 unspecified atom stereocenters. The van der Waals surface area contributed by atoms with Crippen molar-refractivity contribution in [2.45, 2.75) is 31.3 Å². The van der Waals surface area contributed by atoms with Gasteiger partial charge < -0.3 is 10.2 Å². The summed E-state index contributed by atoms with van der Waals surface area (Å²) in [6.07, 6.45) is -0.802. The first-order chi connectivity index (χ1) is 8.65. The molecule has 5 nitrogen and oxygen atoms in total. The van der Waals surface area contributed by atoms with Gasteiger partial charge in [-0.15, -0.1) is 0 Å². The van der Waals surface area contributed by atoms with Gasteiger partial charge in [-0.3, -0.25) is 0 Å². The Labute approximate surface area is 110 Å². The fourth-order valence-electron chi connectivity index (χ4n) is 1.54. The molecule has 0 aliphatic carbocycles. The Morgan fingerprint density at radius 2 is 2.00 bits per heavy atom. The molecular weight excluding hydrogens is 275 g/mol. The molecule has 0 bridgehead atoms. The zero-order chi connectivity index (χ0) is 14.8.